The maximum absolute atomic E-state index is 13.6. The summed E-state index contributed by atoms with van der Waals surface area (Å²) < 4.78 is 13.6. The quantitative estimate of drug-likeness (QED) is 0.235. The van der Waals surface area contributed by atoms with E-state index in [1.807, 2.05) is 18.2 Å². The van der Waals surface area contributed by atoms with Crippen molar-refractivity contribution in [3.05, 3.63) is 98.8 Å². The van der Waals surface area contributed by atoms with E-state index in [0.717, 1.165) is 23.2 Å². The van der Waals surface area contributed by atoms with Crippen LogP contribution in [0.4, 0.5) is 15.8 Å². The van der Waals surface area contributed by atoms with Crippen LogP contribution in [0.2, 0.25) is 5.02 Å². The summed E-state index contributed by atoms with van der Waals surface area (Å²) in [4.78, 5) is 11.8. The van der Waals surface area contributed by atoms with Crippen LogP contribution >= 0.6 is 35.0 Å². The van der Waals surface area contributed by atoms with Crippen LogP contribution in [0.15, 0.2) is 71.6 Å². The molecule has 8 heteroatoms. The second-order valence-corrected chi connectivity index (χ2v) is 10.3. The summed E-state index contributed by atoms with van der Waals surface area (Å²) in [7, 11) is 0. The van der Waals surface area contributed by atoms with E-state index in [1.54, 1.807) is 30.3 Å². The minimum Gasteiger partial charge on any atom is -0.376 e. The lowest BCUT2D eigenvalue weighted by molar-refractivity contribution is -0.387. The van der Waals surface area contributed by atoms with Crippen LogP contribution in [-0.2, 0) is 0 Å². The highest BCUT2D eigenvalue weighted by atomic mass is 35.5. The third kappa shape index (κ3) is 3.74. The van der Waals surface area contributed by atoms with Crippen LogP contribution < -0.4 is 5.32 Å². The topological polar surface area (TPSA) is 55.2 Å². The van der Waals surface area contributed by atoms with Gasteiger partial charge in [0.15, 0.2) is 0 Å². The normalized spacial score (nSPS) is 26.2. The molecule has 0 spiro atoms. The van der Waals surface area contributed by atoms with Crippen molar-refractivity contribution in [1.29, 1.82) is 0 Å². The van der Waals surface area contributed by atoms with Gasteiger partial charge in [0.1, 0.15) is 5.82 Å². The monoisotopic (exact) mass is 488 g/mol. The molecule has 164 valence electrons. The number of halogens is 3. The highest BCUT2D eigenvalue weighted by molar-refractivity contribution is 8.00. The molecule has 3 aromatic carbocycles. The van der Waals surface area contributed by atoms with Gasteiger partial charge in [0.05, 0.1) is 31.9 Å². The zero-order valence-corrected chi connectivity index (χ0v) is 19.1. The summed E-state index contributed by atoms with van der Waals surface area (Å²) in [5.74, 6) is -0.137. The first-order valence-electron chi connectivity index (χ1n) is 10.3. The van der Waals surface area contributed by atoms with Gasteiger partial charge in [-0.15, -0.1) is 23.4 Å². The Bertz CT molecular complexity index is 1180. The van der Waals surface area contributed by atoms with Gasteiger partial charge in [-0.05, 0) is 47.7 Å². The van der Waals surface area contributed by atoms with Crippen molar-refractivity contribution in [2.75, 3.05) is 5.32 Å². The van der Waals surface area contributed by atoms with E-state index in [-0.39, 0.29) is 44.9 Å². The molecule has 1 fully saturated rings. The lowest BCUT2D eigenvalue weighted by Crippen LogP contribution is -2.31. The molecular formula is C24H19Cl2FN2O2S. The van der Waals surface area contributed by atoms with Crippen LogP contribution in [0.1, 0.15) is 29.5 Å². The van der Waals surface area contributed by atoms with E-state index < -0.39 is 0 Å². The minimum atomic E-state index is -0.356. The predicted octanol–water partition coefficient (Wildman–Crippen LogP) is 7.43. The van der Waals surface area contributed by atoms with Gasteiger partial charge in [0.25, 0.3) is 5.69 Å². The number of nitro benzene ring substituents is 1. The average Bonchev–Trinajstić information content (AvgIpc) is 3.11. The van der Waals surface area contributed by atoms with Gasteiger partial charge in [0.2, 0.25) is 0 Å². The second kappa shape index (κ2) is 8.58. The van der Waals surface area contributed by atoms with Crippen molar-refractivity contribution in [3.63, 3.8) is 0 Å². The van der Waals surface area contributed by atoms with E-state index in [0.29, 0.717) is 9.92 Å². The van der Waals surface area contributed by atoms with Crippen molar-refractivity contribution >= 4 is 46.3 Å². The third-order valence-electron chi connectivity index (χ3n) is 6.37. The van der Waals surface area contributed by atoms with Crippen LogP contribution in [0, 0.1) is 21.8 Å². The fourth-order valence-corrected chi connectivity index (χ4v) is 7.16. The van der Waals surface area contributed by atoms with Gasteiger partial charge in [-0.25, -0.2) is 4.39 Å². The second-order valence-electron chi connectivity index (χ2n) is 8.13. The number of benzene rings is 3. The first kappa shape index (κ1) is 21.6. The van der Waals surface area contributed by atoms with Crippen LogP contribution in [0.25, 0.3) is 0 Å². The molecule has 0 saturated heterocycles. The number of anilines is 1. The number of alkyl halides is 1. The minimum absolute atomic E-state index is 0.0157. The number of nitro groups is 1. The summed E-state index contributed by atoms with van der Waals surface area (Å²) in [6.07, 6.45) is 0.760. The van der Waals surface area contributed by atoms with Gasteiger partial charge in [-0.2, -0.15) is 0 Å². The summed E-state index contributed by atoms with van der Waals surface area (Å²) in [5, 5.41) is 15.4. The fraction of sp³-hybridized carbons (Fsp3) is 0.250. The van der Waals surface area contributed by atoms with Crippen molar-refractivity contribution in [2.24, 2.45) is 5.92 Å². The maximum Gasteiger partial charge on any atom is 0.282 e. The highest BCUT2D eigenvalue weighted by Crippen LogP contribution is 2.58. The van der Waals surface area contributed by atoms with E-state index in [1.165, 1.54) is 30.0 Å². The number of fused-ring (bicyclic) bond motifs is 3. The van der Waals surface area contributed by atoms with Gasteiger partial charge in [-0.3, -0.25) is 10.1 Å². The van der Waals surface area contributed by atoms with E-state index in [9.17, 15) is 14.5 Å². The Morgan fingerprint density at radius 1 is 1.06 bits per heavy atom. The number of rotatable bonds is 4. The lowest BCUT2D eigenvalue weighted by Gasteiger charge is -2.38. The largest absolute Gasteiger partial charge is 0.376 e. The molecule has 0 bridgehead atoms. The van der Waals surface area contributed by atoms with Gasteiger partial charge in [-0.1, -0.05) is 48.0 Å². The van der Waals surface area contributed by atoms with Crippen molar-refractivity contribution in [2.45, 2.75) is 33.9 Å². The molecule has 3 aromatic rings. The summed E-state index contributed by atoms with van der Waals surface area (Å²) in [6.45, 7) is 0. The van der Waals surface area contributed by atoms with Crippen LogP contribution in [0.5, 0.6) is 0 Å². The lowest BCUT2D eigenvalue weighted by atomic mass is 9.77. The summed E-state index contributed by atoms with van der Waals surface area (Å²) in [6, 6.07) is 19.0. The van der Waals surface area contributed by atoms with Crippen molar-refractivity contribution in [3.8, 4) is 0 Å². The van der Waals surface area contributed by atoms with Crippen molar-refractivity contribution < 1.29 is 9.31 Å². The number of nitrogens with zero attached hydrogens (tertiary/aromatic N) is 1. The molecular weight excluding hydrogens is 470 g/mol. The SMILES string of the molecule is O=[N+]([O-])c1ccccc1S[C@H]1C[C@@H]2[C@H](c3cccc(Cl)c3N[C@H]2c2ccc(F)cc2)[C@@H]1Cl. The Kier molecular flexibility index (Phi) is 5.78. The van der Waals surface area contributed by atoms with Gasteiger partial charge < -0.3 is 5.32 Å². The molecule has 0 aromatic heterocycles. The molecule has 1 heterocycles. The third-order valence-corrected chi connectivity index (χ3v) is 8.79. The molecule has 0 radical (unpaired) electrons. The first-order valence-corrected chi connectivity index (χ1v) is 12.0. The Labute approximate surface area is 199 Å². The molecule has 1 N–H and O–H groups in total. The number of hydrogen-bond acceptors (Lipinski definition) is 4. The zero-order valence-electron chi connectivity index (χ0n) is 16.8. The van der Waals surface area contributed by atoms with E-state index in [4.69, 9.17) is 23.2 Å². The molecule has 5 rings (SSSR count). The molecule has 32 heavy (non-hydrogen) atoms. The fourth-order valence-electron chi connectivity index (χ4n) is 4.98. The average molecular weight is 489 g/mol. The molecule has 1 aliphatic carbocycles. The molecule has 5 atom stereocenters. The standard InChI is InChI=1S/C24H19Cl2FN2O2S/c25-17-5-3-4-15-21-16(23(28-24(15)17)13-8-10-14(27)11-9-13)12-20(22(21)26)32-19-7-2-1-6-18(19)29(30)31/h1-11,16,20-23,28H,12H2/t16-,20+,21+,22-,23+/m1/s1. The van der Waals surface area contributed by atoms with E-state index in [2.05, 4.69) is 5.32 Å². The van der Waals surface area contributed by atoms with E-state index >= 15 is 0 Å². The summed E-state index contributed by atoms with van der Waals surface area (Å²) >= 11 is 15.1. The predicted molar refractivity (Wildman–Crippen MR) is 127 cm³/mol. The zero-order chi connectivity index (χ0) is 22.4. The number of thioether (sulfide) groups is 1. The molecule has 1 aliphatic heterocycles. The highest BCUT2D eigenvalue weighted by Gasteiger charge is 2.50. The first-order chi connectivity index (χ1) is 15.4. The van der Waals surface area contributed by atoms with Gasteiger partial charge >= 0.3 is 0 Å². The molecule has 0 unspecified atom stereocenters. The number of hydrogen-bond donors (Lipinski definition) is 1. The molecule has 1 saturated carbocycles. The Morgan fingerprint density at radius 2 is 1.81 bits per heavy atom. The Hall–Kier alpha value is -2.28. The maximum atomic E-state index is 13.6. The molecule has 2 aliphatic rings. The summed E-state index contributed by atoms with van der Waals surface area (Å²) in [5.41, 5.74) is 2.97. The van der Waals surface area contributed by atoms with Crippen LogP contribution in [0.3, 0.4) is 0 Å². The number of para-hydroxylation sites is 2. The van der Waals surface area contributed by atoms with Crippen molar-refractivity contribution in [1.82, 2.24) is 0 Å². The molecule has 0 amide bonds. The Balaban J connectivity index is 1.54. The molecule has 4 nitrogen and oxygen atoms in total. The number of nitrogens with one attached hydrogen (secondary N) is 1. The Morgan fingerprint density at radius 3 is 2.56 bits per heavy atom. The van der Waals surface area contributed by atoms with Gasteiger partial charge in [0, 0.05) is 17.2 Å². The smallest absolute Gasteiger partial charge is 0.282 e. The van der Waals surface area contributed by atoms with Crippen LogP contribution in [-0.4, -0.2) is 15.6 Å².